The lowest BCUT2D eigenvalue weighted by Crippen LogP contribution is -2.56. The Balaban J connectivity index is 1.20. The molecule has 0 spiro atoms. The lowest BCUT2D eigenvalue weighted by Gasteiger charge is -2.41. The van der Waals surface area contributed by atoms with Crippen molar-refractivity contribution in [3.05, 3.63) is 174 Å². The SMILES string of the molecule is CC(C)(C)c1ccc(N2c3cc4c(cc3B3c5c2cc2oc6ccccc6c2c5-c2cccc5c6c7ccccc7oc6n3c25)-c2ccccc2C4(C)C)c(-c2ccccc2)c1. The topological polar surface area (TPSA) is 34.5 Å². The van der Waals surface area contributed by atoms with Gasteiger partial charge in [-0.05, 0) is 85.6 Å². The second kappa shape index (κ2) is 11.6. The Kier molecular flexibility index (Phi) is 6.43. The molecule has 62 heavy (non-hydrogen) atoms. The van der Waals surface area contributed by atoms with Gasteiger partial charge in [0.15, 0.2) is 5.71 Å². The Morgan fingerprint density at radius 2 is 1.21 bits per heavy atom. The average molecular weight is 797 g/mol. The molecule has 0 amide bonds. The Labute approximate surface area is 359 Å². The monoisotopic (exact) mass is 796 g/mol. The normalized spacial score (nSPS) is 14.6. The first kappa shape index (κ1) is 34.5. The third kappa shape index (κ3) is 4.23. The number of fused-ring (bicyclic) bond motifs is 16. The third-order valence-corrected chi connectivity index (χ3v) is 14.5. The fourth-order valence-corrected chi connectivity index (χ4v) is 11.7. The van der Waals surface area contributed by atoms with Crippen LogP contribution in [0.1, 0.15) is 51.3 Å². The summed E-state index contributed by atoms with van der Waals surface area (Å²) in [5, 5.41) is 5.81. The molecule has 11 aromatic rings. The number of anilines is 3. The number of nitrogens with zero attached hydrogens (tertiary/aromatic N) is 2. The van der Waals surface area contributed by atoms with Crippen molar-refractivity contribution in [1.29, 1.82) is 0 Å². The molecule has 14 rings (SSSR count). The number of para-hydroxylation sites is 3. The van der Waals surface area contributed by atoms with Gasteiger partial charge in [0.05, 0.1) is 11.1 Å². The van der Waals surface area contributed by atoms with E-state index in [0.717, 1.165) is 50.0 Å². The van der Waals surface area contributed by atoms with Crippen molar-refractivity contribution in [1.82, 2.24) is 4.48 Å². The van der Waals surface area contributed by atoms with E-state index in [1.54, 1.807) is 0 Å². The summed E-state index contributed by atoms with van der Waals surface area (Å²) in [4.78, 5) is 2.58. The molecule has 4 nitrogen and oxygen atoms in total. The van der Waals surface area contributed by atoms with Gasteiger partial charge in [-0.25, -0.2) is 0 Å². The van der Waals surface area contributed by atoms with Crippen LogP contribution in [0.5, 0.6) is 0 Å². The highest BCUT2D eigenvalue weighted by Crippen LogP contribution is 2.55. The van der Waals surface area contributed by atoms with Crippen LogP contribution in [0.15, 0.2) is 167 Å². The van der Waals surface area contributed by atoms with Crippen LogP contribution in [0.2, 0.25) is 0 Å². The predicted molar refractivity (Wildman–Crippen MR) is 259 cm³/mol. The van der Waals surface area contributed by atoms with Crippen molar-refractivity contribution in [3.8, 4) is 33.4 Å². The summed E-state index contributed by atoms with van der Waals surface area (Å²) in [6, 6.07) is 58.4. The van der Waals surface area contributed by atoms with Gasteiger partial charge in [0, 0.05) is 61.0 Å². The van der Waals surface area contributed by atoms with Crippen molar-refractivity contribution in [2.24, 2.45) is 0 Å². The van der Waals surface area contributed by atoms with E-state index in [2.05, 4.69) is 202 Å². The second-order valence-corrected chi connectivity index (χ2v) is 19.2. The lowest BCUT2D eigenvalue weighted by molar-refractivity contribution is 0.590. The second-order valence-electron chi connectivity index (χ2n) is 19.2. The molecule has 0 N–H and O–H groups in total. The van der Waals surface area contributed by atoms with Gasteiger partial charge in [0.1, 0.15) is 16.7 Å². The largest absolute Gasteiger partial charge is 0.456 e. The van der Waals surface area contributed by atoms with E-state index >= 15 is 0 Å². The molecule has 3 aromatic heterocycles. The van der Waals surface area contributed by atoms with Crippen molar-refractivity contribution in [2.45, 2.75) is 45.4 Å². The van der Waals surface area contributed by atoms with Gasteiger partial charge >= 0.3 is 6.85 Å². The summed E-state index contributed by atoms with van der Waals surface area (Å²) in [6.07, 6.45) is 0. The molecule has 0 unspecified atom stereocenters. The van der Waals surface area contributed by atoms with Gasteiger partial charge in [0.2, 0.25) is 0 Å². The Hall–Kier alpha value is -7.24. The van der Waals surface area contributed by atoms with E-state index in [1.807, 2.05) is 0 Å². The standard InChI is InChI=1S/C57H41BN2O2/c1-56(2,3)33-26-27-44(39(28-33)32-16-7-6-8-17-32)59-45-30-42-40(34-18-9-12-23-41(34)57(42,4)5)29-43(45)58-53-46(59)31-49-51(36-20-11-13-24-47(36)61-49)52(53)38-22-15-21-37-50-35-19-10-14-25-48(35)62-55(50)60(58)54(37)38/h6-31H,1-5H3. The zero-order valence-electron chi connectivity index (χ0n) is 35.3. The minimum Gasteiger partial charge on any atom is -0.456 e. The van der Waals surface area contributed by atoms with Crippen LogP contribution in [0.25, 0.3) is 88.3 Å². The van der Waals surface area contributed by atoms with Crippen molar-refractivity contribution >= 4 is 89.7 Å². The summed E-state index contributed by atoms with van der Waals surface area (Å²) in [6.45, 7) is 11.5. The summed E-state index contributed by atoms with van der Waals surface area (Å²) in [7, 11) is 0. The Bertz CT molecular complexity index is 3780. The average Bonchev–Trinajstić information content (AvgIpc) is 4.01. The maximum atomic E-state index is 7.06. The molecule has 294 valence electrons. The molecular formula is C57H41BN2O2. The summed E-state index contributed by atoms with van der Waals surface area (Å²) >= 11 is 0. The Morgan fingerprint density at radius 3 is 2.02 bits per heavy atom. The highest BCUT2D eigenvalue weighted by molar-refractivity contribution is 6.90. The minimum atomic E-state index is -0.203. The van der Waals surface area contributed by atoms with Crippen LogP contribution < -0.4 is 15.8 Å². The predicted octanol–water partition coefficient (Wildman–Crippen LogP) is 14.1. The first-order valence-electron chi connectivity index (χ1n) is 21.9. The van der Waals surface area contributed by atoms with E-state index in [9.17, 15) is 0 Å². The molecular weight excluding hydrogens is 755 g/mol. The summed E-state index contributed by atoms with van der Waals surface area (Å²) in [5.74, 6) is 0. The van der Waals surface area contributed by atoms with Crippen LogP contribution in [-0.2, 0) is 10.8 Å². The van der Waals surface area contributed by atoms with Crippen LogP contribution in [0.4, 0.5) is 17.1 Å². The highest BCUT2D eigenvalue weighted by Gasteiger charge is 2.47. The number of rotatable bonds is 2. The van der Waals surface area contributed by atoms with E-state index in [1.165, 1.54) is 83.0 Å². The first-order chi connectivity index (χ1) is 30.2. The van der Waals surface area contributed by atoms with E-state index in [4.69, 9.17) is 8.83 Å². The van der Waals surface area contributed by atoms with Crippen LogP contribution in [0.3, 0.4) is 0 Å². The summed E-state index contributed by atoms with van der Waals surface area (Å²) < 4.78 is 16.6. The van der Waals surface area contributed by atoms with E-state index in [-0.39, 0.29) is 17.7 Å². The lowest BCUT2D eigenvalue weighted by atomic mass is 9.44. The molecule has 0 saturated heterocycles. The van der Waals surface area contributed by atoms with Gasteiger partial charge < -0.3 is 18.2 Å². The molecule has 1 aliphatic carbocycles. The number of furan rings is 2. The quantitative estimate of drug-likeness (QED) is 0.163. The maximum absolute atomic E-state index is 7.06. The summed E-state index contributed by atoms with van der Waals surface area (Å²) in [5.41, 5.74) is 21.9. The van der Waals surface area contributed by atoms with E-state index < -0.39 is 0 Å². The van der Waals surface area contributed by atoms with Gasteiger partial charge in [-0.15, -0.1) is 0 Å². The Morgan fingerprint density at radius 1 is 0.516 bits per heavy atom. The van der Waals surface area contributed by atoms with Crippen molar-refractivity contribution in [2.75, 3.05) is 4.90 Å². The van der Waals surface area contributed by atoms with Crippen molar-refractivity contribution < 1.29 is 8.83 Å². The smallest absolute Gasteiger partial charge is 0.336 e. The van der Waals surface area contributed by atoms with Crippen molar-refractivity contribution in [3.63, 3.8) is 0 Å². The van der Waals surface area contributed by atoms with Gasteiger partial charge in [0.25, 0.3) is 0 Å². The first-order valence-corrected chi connectivity index (χ1v) is 21.9. The molecule has 3 aliphatic rings. The highest BCUT2D eigenvalue weighted by atomic mass is 16.3. The molecule has 0 fully saturated rings. The molecule has 5 heteroatoms. The molecule has 2 aliphatic heterocycles. The third-order valence-electron chi connectivity index (χ3n) is 14.5. The van der Waals surface area contributed by atoms with E-state index in [0.29, 0.717) is 0 Å². The molecule has 5 heterocycles. The molecule has 0 atom stereocenters. The van der Waals surface area contributed by atoms with Gasteiger partial charge in [-0.2, -0.15) is 0 Å². The number of hydrogen-bond acceptors (Lipinski definition) is 3. The molecule has 0 saturated carbocycles. The fourth-order valence-electron chi connectivity index (χ4n) is 11.7. The van der Waals surface area contributed by atoms with Gasteiger partial charge in [-0.1, -0.05) is 156 Å². The molecule has 0 radical (unpaired) electrons. The number of benzene rings is 8. The fraction of sp³-hybridized carbons (Fsp3) is 0.123. The van der Waals surface area contributed by atoms with Crippen LogP contribution in [0, 0.1) is 0 Å². The minimum absolute atomic E-state index is 0.0442. The maximum Gasteiger partial charge on any atom is 0.336 e. The molecule has 0 bridgehead atoms. The zero-order chi connectivity index (χ0) is 41.4. The number of aromatic nitrogens is 1. The number of hydrogen-bond donors (Lipinski definition) is 0. The van der Waals surface area contributed by atoms with Crippen LogP contribution in [-0.4, -0.2) is 11.3 Å². The van der Waals surface area contributed by atoms with Crippen LogP contribution >= 0.6 is 0 Å². The van der Waals surface area contributed by atoms with Gasteiger partial charge in [-0.3, -0.25) is 0 Å². The molecule has 8 aromatic carbocycles. The zero-order valence-corrected chi connectivity index (χ0v) is 35.3.